The van der Waals surface area contributed by atoms with Crippen LogP contribution in [0.1, 0.15) is 29.8 Å². The molecule has 7 heteroatoms. The second kappa shape index (κ2) is 7.52. The molecule has 142 valence electrons. The van der Waals surface area contributed by atoms with Gasteiger partial charge in [0.2, 0.25) is 0 Å². The zero-order chi connectivity index (χ0) is 19.6. The van der Waals surface area contributed by atoms with Crippen LogP contribution < -0.4 is 4.90 Å². The van der Waals surface area contributed by atoms with Gasteiger partial charge in [0, 0.05) is 12.2 Å². The lowest BCUT2D eigenvalue weighted by Crippen LogP contribution is -2.39. The molecule has 1 atom stereocenters. The SMILES string of the molecule is CCS(=O)(=O)c1ccccc1C(=O)O[C@@H](C)C(=O)N1CCc2ccccc21. The monoisotopic (exact) mass is 387 g/mol. The molecular weight excluding hydrogens is 366 g/mol. The predicted octanol–water partition coefficient (Wildman–Crippen LogP) is 2.61. The molecule has 0 N–H and O–H groups in total. The van der Waals surface area contributed by atoms with Gasteiger partial charge >= 0.3 is 5.97 Å². The molecule has 27 heavy (non-hydrogen) atoms. The van der Waals surface area contributed by atoms with Crippen LogP contribution in [0.3, 0.4) is 0 Å². The van der Waals surface area contributed by atoms with E-state index in [4.69, 9.17) is 4.74 Å². The molecule has 1 amide bonds. The number of fused-ring (bicyclic) bond motifs is 1. The fraction of sp³-hybridized carbons (Fsp3) is 0.300. The first-order chi connectivity index (χ1) is 12.8. The fourth-order valence-electron chi connectivity index (χ4n) is 3.12. The van der Waals surface area contributed by atoms with Crippen LogP contribution in [0.2, 0.25) is 0 Å². The molecular formula is C20H21NO5S. The number of hydrogen-bond acceptors (Lipinski definition) is 5. The molecule has 6 nitrogen and oxygen atoms in total. The number of rotatable bonds is 5. The van der Waals surface area contributed by atoms with Crippen molar-refractivity contribution in [3.63, 3.8) is 0 Å². The average Bonchev–Trinajstić information content (AvgIpc) is 3.11. The number of para-hydroxylation sites is 1. The summed E-state index contributed by atoms with van der Waals surface area (Å²) >= 11 is 0. The standard InChI is InChI=1S/C20H21NO5S/c1-3-27(24,25)18-11-7-5-9-16(18)20(23)26-14(2)19(22)21-13-12-15-8-4-6-10-17(15)21/h4-11,14H,3,12-13H2,1-2H3/t14-/m0/s1. The molecule has 0 unspecified atom stereocenters. The summed E-state index contributed by atoms with van der Waals surface area (Å²) in [5.41, 5.74) is 1.84. The van der Waals surface area contributed by atoms with E-state index in [0.29, 0.717) is 6.54 Å². The average molecular weight is 387 g/mol. The lowest BCUT2D eigenvalue weighted by molar-refractivity contribution is -0.126. The molecule has 0 spiro atoms. The largest absolute Gasteiger partial charge is 0.449 e. The first-order valence-electron chi connectivity index (χ1n) is 8.77. The van der Waals surface area contributed by atoms with Gasteiger partial charge in [-0.25, -0.2) is 13.2 Å². The first kappa shape index (κ1) is 19.1. The minimum atomic E-state index is -3.58. The van der Waals surface area contributed by atoms with E-state index in [0.717, 1.165) is 17.7 Å². The van der Waals surface area contributed by atoms with Crippen molar-refractivity contribution in [3.05, 3.63) is 59.7 Å². The van der Waals surface area contributed by atoms with Crippen molar-refractivity contribution < 1.29 is 22.7 Å². The number of sulfone groups is 1. The normalized spacial score (nSPS) is 14.5. The van der Waals surface area contributed by atoms with E-state index in [1.165, 1.54) is 26.0 Å². The Morgan fingerprint density at radius 1 is 1.11 bits per heavy atom. The van der Waals surface area contributed by atoms with Crippen molar-refractivity contribution in [2.75, 3.05) is 17.2 Å². The Bertz CT molecular complexity index is 983. The van der Waals surface area contributed by atoms with Crippen molar-refractivity contribution in [1.82, 2.24) is 0 Å². The van der Waals surface area contributed by atoms with E-state index >= 15 is 0 Å². The summed E-state index contributed by atoms with van der Waals surface area (Å²) < 4.78 is 29.7. The van der Waals surface area contributed by atoms with E-state index in [9.17, 15) is 18.0 Å². The molecule has 0 aliphatic carbocycles. The summed E-state index contributed by atoms with van der Waals surface area (Å²) in [5, 5.41) is 0. The Kier molecular flexibility index (Phi) is 5.32. The van der Waals surface area contributed by atoms with Crippen LogP contribution in [-0.2, 0) is 25.8 Å². The van der Waals surface area contributed by atoms with Crippen LogP contribution in [0.25, 0.3) is 0 Å². The number of amides is 1. The summed E-state index contributed by atoms with van der Waals surface area (Å²) in [7, 11) is -3.58. The zero-order valence-electron chi connectivity index (χ0n) is 15.2. The van der Waals surface area contributed by atoms with Gasteiger partial charge in [0.1, 0.15) is 0 Å². The van der Waals surface area contributed by atoms with E-state index in [-0.39, 0.29) is 22.1 Å². The predicted molar refractivity (Wildman–Crippen MR) is 102 cm³/mol. The molecule has 0 bridgehead atoms. The van der Waals surface area contributed by atoms with Gasteiger partial charge in [-0.1, -0.05) is 37.3 Å². The molecule has 0 fully saturated rings. The number of benzene rings is 2. The number of hydrogen-bond donors (Lipinski definition) is 0. The Hall–Kier alpha value is -2.67. The van der Waals surface area contributed by atoms with Crippen molar-refractivity contribution in [2.24, 2.45) is 0 Å². The van der Waals surface area contributed by atoms with E-state index in [1.54, 1.807) is 17.0 Å². The van der Waals surface area contributed by atoms with Crippen LogP contribution in [0.15, 0.2) is 53.4 Å². The topological polar surface area (TPSA) is 80.7 Å². The molecule has 0 saturated carbocycles. The minimum absolute atomic E-state index is 0.0548. The van der Waals surface area contributed by atoms with Crippen molar-refractivity contribution in [3.8, 4) is 0 Å². The summed E-state index contributed by atoms with van der Waals surface area (Å²) in [4.78, 5) is 26.8. The summed E-state index contributed by atoms with van der Waals surface area (Å²) in [6.07, 6.45) is -0.277. The third-order valence-electron chi connectivity index (χ3n) is 4.61. The van der Waals surface area contributed by atoms with Gasteiger partial charge in [-0.2, -0.15) is 0 Å². The Labute approximate surface area is 158 Å². The van der Waals surface area contributed by atoms with Crippen molar-refractivity contribution in [1.29, 1.82) is 0 Å². The quantitative estimate of drug-likeness (QED) is 0.737. The second-order valence-corrected chi connectivity index (χ2v) is 8.56. The minimum Gasteiger partial charge on any atom is -0.449 e. The highest BCUT2D eigenvalue weighted by molar-refractivity contribution is 7.91. The number of nitrogens with zero attached hydrogens (tertiary/aromatic N) is 1. The molecule has 1 aliphatic rings. The smallest absolute Gasteiger partial charge is 0.340 e. The van der Waals surface area contributed by atoms with Crippen LogP contribution in [0, 0.1) is 0 Å². The molecule has 0 aromatic heterocycles. The maximum atomic E-state index is 12.7. The summed E-state index contributed by atoms with van der Waals surface area (Å²) in [6, 6.07) is 13.5. The first-order valence-corrected chi connectivity index (χ1v) is 10.4. The van der Waals surface area contributed by atoms with Gasteiger partial charge in [-0.3, -0.25) is 4.79 Å². The Morgan fingerprint density at radius 3 is 2.52 bits per heavy atom. The highest BCUT2D eigenvalue weighted by atomic mass is 32.2. The fourth-order valence-corrected chi connectivity index (χ4v) is 4.21. The molecule has 2 aromatic rings. The van der Waals surface area contributed by atoms with E-state index in [2.05, 4.69) is 0 Å². The molecule has 3 rings (SSSR count). The molecule has 0 saturated heterocycles. The lowest BCUT2D eigenvalue weighted by Gasteiger charge is -2.22. The highest BCUT2D eigenvalue weighted by Crippen LogP contribution is 2.28. The van der Waals surface area contributed by atoms with Crippen LogP contribution >= 0.6 is 0 Å². The number of anilines is 1. The van der Waals surface area contributed by atoms with Crippen LogP contribution in [-0.4, -0.2) is 38.7 Å². The number of carbonyl (C=O) groups excluding carboxylic acids is 2. The maximum absolute atomic E-state index is 12.7. The molecule has 1 aliphatic heterocycles. The Morgan fingerprint density at radius 2 is 1.78 bits per heavy atom. The van der Waals surface area contributed by atoms with Crippen molar-refractivity contribution in [2.45, 2.75) is 31.3 Å². The van der Waals surface area contributed by atoms with Gasteiger partial charge in [-0.15, -0.1) is 0 Å². The summed E-state index contributed by atoms with van der Waals surface area (Å²) in [6.45, 7) is 3.54. The second-order valence-electron chi connectivity index (χ2n) is 6.32. The van der Waals surface area contributed by atoms with Crippen LogP contribution in [0.5, 0.6) is 0 Å². The van der Waals surface area contributed by atoms with Gasteiger partial charge in [0.15, 0.2) is 15.9 Å². The molecule has 0 radical (unpaired) electrons. The third-order valence-corrected chi connectivity index (χ3v) is 6.39. The Balaban J connectivity index is 1.79. The highest BCUT2D eigenvalue weighted by Gasteiger charge is 2.31. The maximum Gasteiger partial charge on any atom is 0.340 e. The van der Waals surface area contributed by atoms with E-state index < -0.39 is 21.9 Å². The third kappa shape index (κ3) is 3.73. The van der Waals surface area contributed by atoms with Gasteiger partial charge < -0.3 is 9.64 Å². The van der Waals surface area contributed by atoms with E-state index in [1.807, 2.05) is 24.3 Å². The van der Waals surface area contributed by atoms with Gasteiger partial charge in [-0.05, 0) is 37.1 Å². The zero-order valence-corrected chi connectivity index (χ0v) is 16.0. The molecule has 2 aromatic carbocycles. The number of esters is 1. The number of carbonyl (C=O) groups is 2. The van der Waals surface area contributed by atoms with Crippen molar-refractivity contribution >= 4 is 27.4 Å². The molecule has 1 heterocycles. The van der Waals surface area contributed by atoms with Gasteiger partial charge in [0.05, 0.1) is 16.2 Å². The number of ether oxygens (including phenoxy) is 1. The lowest BCUT2D eigenvalue weighted by atomic mass is 10.2. The summed E-state index contributed by atoms with van der Waals surface area (Å²) in [5.74, 6) is -1.28. The van der Waals surface area contributed by atoms with Crippen LogP contribution in [0.4, 0.5) is 5.69 Å². The van der Waals surface area contributed by atoms with Gasteiger partial charge in [0.25, 0.3) is 5.91 Å².